The first kappa shape index (κ1) is 10.7. The summed E-state index contributed by atoms with van der Waals surface area (Å²) in [5, 5.41) is 7.79. The van der Waals surface area contributed by atoms with Gasteiger partial charge in [-0.3, -0.25) is 0 Å². The molecule has 0 saturated heterocycles. The maximum Gasteiger partial charge on any atom is 0.0216 e. The molecule has 1 N–H and O–H groups in total. The molecule has 0 radical (unpaired) electrons. The molecule has 0 aliphatic heterocycles. The van der Waals surface area contributed by atoms with Gasteiger partial charge in [-0.15, -0.1) is 0 Å². The van der Waals surface area contributed by atoms with Gasteiger partial charge in [-0.2, -0.15) is 11.3 Å². The van der Waals surface area contributed by atoms with E-state index in [0.717, 1.165) is 13.1 Å². The van der Waals surface area contributed by atoms with E-state index in [4.69, 9.17) is 0 Å². The number of hydrogen-bond acceptors (Lipinski definition) is 3. The Morgan fingerprint density at radius 1 is 1.54 bits per heavy atom. The van der Waals surface area contributed by atoms with Crippen molar-refractivity contribution >= 4 is 11.3 Å². The highest BCUT2D eigenvalue weighted by Gasteiger charge is 2.02. The van der Waals surface area contributed by atoms with Crippen LogP contribution in [0.15, 0.2) is 16.8 Å². The minimum atomic E-state index is 0.551. The Bertz CT molecular complexity index is 219. The summed E-state index contributed by atoms with van der Waals surface area (Å²) in [6, 6.07) is 2.72. The molecule has 13 heavy (non-hydrogen) atoms. The van der Waals surface area contributed by atoms with Gasteiger partial charge in [-0.05, 0) is 43.4 Å². The number of nitrogens with one attached hydrogen (secondary N) is 1. The Morgan fingerprint density at radius 3 is 2.85 bits per heavy atom. The first-order valence-electron chi connectivity index (χ1n) is 4.57. The van der Waals surface area contributed by atoms with Crippen molar-refractivity contribution in [2.24, 2.45) is 0 Å². The predicted octanol–water partition coefficient (Wildman–Crippen LogP) is 1.79. The van der Waals surface area contributed by atoms with Crippen LogP contribution in [0.1, 0.15) is 12.5 Å². The van der Waals surface area contributed by atoms with Crippen molar-refractivity contribution in [1.29, 1.82) is 0 Å². The van der Waals surface area contributed by atoms with Gasteiger partial charge < -0.3 is 10.2 Å². The van der Waals surface area contributed by atoms with Gasteiger partial charge in [-0.25, -0.2) is 0 Å². The van der Waals surface area contributed by atoms with Crippen molar-refractivity contribution in [2.75, 3.05) is 20.6 Å². The van der Waals surface area contributed by atoms with Crippen LogP contribution in [0.5, 0.6) is 0 Å². The van der Waals surface area contributed by atoms with E-state index < -0.39 is 0 Å². The summed E-state index contributed by atoms with van der Waals surface area (Å²) >= 11 is 1.75. The van der Waals surface area contributed by atoms with Gasteiger partial charge in [0.05, 0.1) is 0 Å². The topological polar surface area (TPSA) is 15.3 Å². The van der Waals surface area contributed by atoms with Gasteiger partial charge in [0.2, 0.25) is 0 Å². The highest BCUT2D eigenvalue weighted by atomic mass is 32.1. The molecule has 1 aromatic heterocycles. The molecule has 1 unspecified atom stereocenters. The van der Waals surface area contributed by atoms with Crippen molar-refractivity contribution in [3.63, 3.8) is 0 Å². The van der Waals surface area contributed by atoms with Crippen LogP contribution in [0.3, 0.4) is 0 Å². The average molecular weight is 198 g/mol. The van der Waals surface area contributed by atoms with Crippen LogP contribution in [0.2, 0.25) is 0 Å². The van der Waals surface area contributed by atoms with E-state index in [9.17, 15) is 0 Å². The minimum absolute atomic E-state index is 0.551. The third-order valence-corrected chi connectivity index (χ3v) is 2.61. The smallest absolute Gasteiger partial charge is 0.0216 e. The van der Waals surface area contributed by atoms with Crippen LogP contribution in [0, 0.1) is 0 Å². The monoisotopic (exact) mass is 198 g/mol. The zero-order valence-electron chi connectivity index (χ0n) is 8.58. The SMILES string of the molecule is CC(CN(C)C)NCc1ccsc1. The van der Waals surface area contributed by atoms with Crippen molar-refractivity contribution in [2.45, 2.75) is 19.5 Å². The fourth-order valence-corrected chi connectivity index (χ4v) is 1.97. The van der Waals surface area contributed by atoms with E-state index in [-0.39, 0.29) is 0 Å². The second-order valence-electron chi connectivity index (χ2n) is 3.68. The van der Waals surface area contributed by atoms with E-state index in [1.165, 1.54) is 5.56 Å². The highest BCUT2D eigenvalue weighted by molar-refractivity contribution is 7.07. The average Bonchev–Trinajstić information content (AvgIpc) is 2.51. The van der Waals surface area contributed by atoms with Crippen molar-refractivity contribution in [3.05, 3.63) is 22.4 Å². The minimum Gasteiger partial charge on any atom is -0.309 e. The standard InChI is InChI=1S/C10H18N2S/c1-9(7-12(2)3)11-6-10-4-5-13-8-10/h4-5,8-9,11H,6-7H2,1-3H3. The Kier molecular flexibility index (Phi) is 4.42. The third-order valence-electron chi connectivity index (χ3n) is 1.87. The van der Waals surface area contributed by atoms with E-state index in [0.29, 0.717) is 6.04 Å². The zero-order chi connectivity index (χ0) is 9.68. The lowest BCUT2D eigenvalue weighted by Gasteiger charge is -2.17. The molecule has 0 aromatic carbocycles. The summed E-state index contributed by atoms with van der Waals surface area (Å²) in [5.74, 6) is 0. The number of thiophene rings is 1. The Labute approximate surface area is 84.6 Å². The maximum atomic E-state index is 3.48. The van der Waals surface area contributed by atoms with Gasteiger partial charge in [-0.1, -0.05) is 0 Å². The summed E-state index contributed by atoms with van der Waals surface area (Å²) < 4.78 is 0. The fourth-order valence-electron chi connectivity index (χ4n) is 1.30. The molecule has 1 heterocycles. The Hall–Kier alpha value is -0.380. The first-order valence-corrected chi connectivity index (χ1v) is 5.52. The zero-order valence-corrected chi connectivity index (χ0v) is 9.40. The van der Waals surface area contributed by atoms with Crippen LogP contribution in [0.4, 0.5) is 0 Å². The predicted molar refractivity (Wildman–Crippen MR) is 59.2 cm³/mol. The van der Waals surface area contributed by atoms with Gasteiger partial charge in [0, 0.05) is 19.1 Å². The quantitative estimate of drug-likeness (QED) is 0.776. The Morgan fingerprint density at radius 2 is 2.31 bits per heavy atom. The molecule has 0 fully saturated rings. The number of likely N-dealkylation sites (N-methyl/N-ethyl adjacent to an activating group) is 1. The van der Waals surface area contributed by atoms with Crippen molar-refractivity contribution < 1.29 is 0 Å². The van der Waals surface area contributed by atoms with E-state index in [1.54, 1.807) is 11.3 Å². The van der Waals surface area contributed by atoms with Crippen LogP contribution >= 0.6 is 11.3 Å². The molecule has 2 nitrogen and oxygen atoms in total. The van der Waals surface area contributed by atoms with Crippen LogP contribution in [-0.2, 0) is 6.54 Å². The lowest BCUT2D eigenvalue weighted by molar-refractivity contribution is 0.349. The van der Waals surface area contributed by atoms with Gasteiger partial charge >= 0.3 is 0 Å². The molecule has 1 aromatic rings. The van der Waals surface area contributed by atoms with Gasteiger partial charge in [0.15, 0.2) is 0 Å². The van der Waals surface area contributed by atoms with Crippen molar-refractivity contribution in [3.8, 4) is 0 Å². The largest absolute Gasteiger partial charge is 0.309 e. The molecule has 0 aliphatic carbocycles. The lowest BCUT2D eigenvalue weighted by Crippen LogP contribution is -2.35. The number of hydrogen-bond donors (Lipinski definition) is 1. The summed E-state index contributed by atoms with van der Waals surface area (Å²) in [6.45, 7) is 4.29. The van der Waals surface area contributed by atoms with E-state index >= 15 is 0 Å². The summed E-state index contributed by atoms with van der Waals surface area (Å²) in [4.78, 5) is 2.20. The second-order valence-corrected chi connectivity index (χ2v) is 4.46. The summed E-state index contributed by atoms with van der Waals surface area (Å²) in [6.07, 6.45) is 0. The summed E-state index contributed by atoms with van der Waals surface area (Å²) in [7, 11) is 4.20. The molecule has 0 aliphatic rings. The molecule has 0 spiro atoms. The van der Waals surface area contributed by atoms with E-state index in [1.807, 2.05) is 0 Å². The molecule has 1 rings (SSSR count). The van der Waals surface area contributed by atoms with Gasteiger partial charge in [0.1, 0.15) is 0 Å². The van der Waals surface area contributed by atoms with E-state index in [2.05, 4.69) is 48.1 Å². The second kappa shape index (κ2) is 5.37. The van der Waals surface area contributed by atoms with Gasteiger partial charge in [0.25, 0.3) is 0 Å². The molecular weight excluding hydrogens is 180 g/mol. The summed E-state index contributed by atoms with van der Waals surface area (Å²) in [5.41, 5.74) is 1.38. The number of rotatable bonds is 5. The fraction of sp³-hybridized carbons (Fsp3) is 0.600. The molecule has 74 valence electrons. The molecule has 0 saturated carbocycles. The number of nitrogens with zero attached hydrogens (tertiary/aromatic N) is 1. The normalized spacial score (nSPS) is 13.5. The molecule has 0 amide bonds. The molecular formula is C10H18N2S. The van der Waals surface area contributed by atoms with Crippen LogP contribution in [-0.4, -0.2) is 31.6 Å². The Balaban J connectivity index is 2.19. The molecule has 3 heteroatoms. The van der Waals surface area contributed by atoms with Crippen molar-refractivity contribution in [1.82, 2.24) is 10.2 Å². The third kappa shape index (κ3) is 4.41. The molecule has 0 bridgehead atoms. The lowest BCUT2D eigenvalue weighted by atomic mass is 10.3. The molecule has 1 atom stereocenters. The first-order chi connectivity index (χ1) is 6.18. The van der Waals surface area contributed by atoms with Crippen LogP contribution in [0.25, 0.3) is 0 Å². The maximum absolute atomic E-state index is 3.48. The highest BCUT2D eigenvalue weighted by Crippen LogP contribution is 2.05. The van der Waals surface area contributed by atoms with Crippen LogP contribution < -0.4 is 5.32 Å².